The number of hydrogen-bond donors (Lipinski definition) is 3. The van der Waals surface area contributed by atoms with Crippen LogP contribution in [0.5, 0.6) is 11.5 Å². The van der Waals surface area contributed by atoms with Crippen LogP contribution in [0.15, 0.2) is 29.2 Å². The van der Waals surface area contributed by atoms with Gasteiger partial charge in [-0.1, -0.05) is 0 Å². The van der Waals surface area contributed by atoms with Crippen molar-refractivity contribution in [3.05, 3.63) is 41.2 Å². The highest BCUT2D eigenvalue weighted by atomic mass is 32.2. The van der Waals surface area contributed by atoms with Crippen molar-refractivity contribution in [1.82, 2.24) is 0 Å². The third-order valence-electron chi connectivity index (χ3n) is 4.34. The highest BCUT2D eigenvalue weighted by Gasteiger charge is 2.28. The Hall–Kier alpha value is -3.34. The van der Waals surface area contributed by atoms with Gasteiger partial charge in [0.1, 0.15) is 27.9 Å². The SMILES string of the molecule is COc1cc(OC)c(NS(=O)(=O)c2cc3c(cc2F)NC(=O)CC3)c(C(=O)O)c1. The van der Waals surface area contributed by atoms with Crippen LogP contribution in [0.2, 0.25) is 0 Å². The van der Waals surface area contributed by atoms with Crippen LogP contribution >= 0.6 is 0 Å². The van der Waals surface area contributed by atoms with E-state index in [0.717, 1.165) is 18.2 Å². The highest BCUT2D eigenvalue weighted by Crippen LogP contribution is 2.36. The van der Waals surface area contributed by atoms with Crippen molar-refractivity contribution in [2.75, 3.05) is 24.3 Å². The third kappa shape index (κ3) is 3.94. The summed E-state index contributed by atoms with van der Waals surface area (Å²) in [4.78, 5) is 22.4. The summed E-state index contributed by atoms with van der Waals surface area (Å²) >= 11 is 0. The molecule has 0 saturated carbocycles. The van der Waals surface area contributed by atoms with E-state index >= 15 is 0 Å². The Morgan fingerprint density at radius 3 is 2.52 bits per heavy atom. The first-order valence-corrected chi connectivity index (χ1v) is 9.79. The predicted molar refractivity (Wildman–Crippen MR) is 101 cm³/mol. The van der Waals surface area contributed by atoms with Crippen molar-refractivity contribution in [2.45, 2.75) is 17.7 Å². The van der Waals surface area contributed by atoms with Gasteiger partial charge in [0.05, 0.1) is 19.8 Å². The molecule has 1 heterocycles. The average molecular weight is 424 g/mol. The number of hydrogen-bond acceptors (Lipinski definition) is 6. The number of nitrogens with one attached hydrogen (secondary N) is 2. The van der Waals surface area contributed by atoms with Crippen LogP contribution in [0.3, 0.4) is 0 Å². The average Bonchev–Trinajstić information content (AvgIpc) is 2.66. The molecule has 1 aliphatic rings. The number of amides is 1. The normalized spacial score (nSPS) is 13.3. The Labute approximate surface area is 165 Å². The highest BCUT2D eigenvalue weighted by molar-refractivity contribution is 7.92. The van der Waals surface area contributed by atoms with E-state index in [9.17, 15) is 27.5 Å². The van der Waals surface area contributed by atoms with E-state index in [1.807, 2.05) is 0 Å². The molecule has 0 saturated heterocycles. The van der Waals surface area contributed by atoms with E-state index in [4.69, 9.17) is 9.47 Å². The lowest BCUT2D eigenvalue weighted by molar-refractivity contribution is -0.116. The van der Waals surface area contributed by atoms with Gasteiger partial charge < -0.3 is 19.9 Å². The summed E-state index contributed by atoms with van der Waals surface area (Å²) in [6.07, 6.45) is 0.386. The lowest BCUT2D eigenvalue weighted by Gasteiger charge is -2.19. The van der Waals surface area contributed by atoms with E-state index in [0.29, 0.717) is 5.56 Å². The van der Waals surface area contributed by atoms with Crippen molar-refractivity contribution in [2.24, 2.45) is 0 Å². The molecule has 3 rings (SSSR count). The number of aromatic carboxylic acids is 1. The Kier molecular flexibility index (Phi) is 5.33. The molecular weight excluding hydrogens is 407 g/mol. The molecule has 154 valence electrons. The number of rotatable bonds is 6. The second-order valence-corrected chi connectivity index (χ2v) is 7.80. The molecule has 1 aliphatic heterocycles. The van der Waals surface area contributed by atoms with E-state index in [1.165, 1.54) is 20.3 Å². The van der Waals surface area contributed by atoms with Crippen LogP contribution in [0.4, 0.5) is 15.8 Å². The molecule has 3 N–H and O–H groups in total. The molecule has 2 aromatic carbocycles. The zero-order valence-corrected chi connectivity index (χ0v) is 16.2. The van der Waals surface area contributed by atoms with Gasteiger partial charge in [0, 0.05) is 18.2 Å². The summed E-state index contributed by atoms with van der Waals surface area (Å²) in [7, 11) is -1.99. The molecule has 2 aromatic rings. The lowest BCUT2D eigenvalue weighted by Crippen LogP contribution is -2.22. The third-order valence-corrected chi connectivity index (χ3v) is 5.71. The number of benzene rings is 2. The first-order chi connectivity index (χ1) is 13.7. The van der Waals surface area contributed by atoms with Crippen LogP contribution in [-0.2, 0) is 21.2 Å². The predicted octanol–water partition coefficient (Wildman–Crippen LogP) is 2.23. The minimum atomic E-state index is -4.52. The maximum absolute atomic E-state index is 14.5. The number of sulfonamides is 1. The van der Waals surface area contributed by atoms with Gasteiger partial charge in [0.2, 0.25) is 5.91 Å². The molecule has 0 unspecified atom stereocenters. The number of anilines is 2. The quantitative estimate of drug-likeness (QED) is 0.648. The number of carbonyl (C=O) groups excluding carboxylic acids is 1. The molecule has 11 heteroatoms. The number of halogens is 1. The van der Waals surface area contributed by atoms with E-state index in [-0.39, 0.29) is 41.6 Å². The number of aryl methyl sites for hydroxylation is 1. The van der Waals surface area contributed by atoms with Gasteiger partial charge in [-0.3, -0.25) is 9.52 Å². The number of methoxy groups -OCH3 is 2. The van der Waals surface area contributed by atoms with Crippen molar-refractivity contribution in [1.29, 1.82) is 0 Å². The first kappa shape index (κ1) is 20.4. The Bertz CT molecular complexity index is 1120. The van der Waals surface area contributed by atoms with Crippen molar-refractivity contribution in [3.8, 4) is 11.5 Å². The fourth-order valence-electron chi connectivity index (χ4n) is 2.92. The smallest absolute Gasteiger partial charge is 0.338 e. The zero-order valence-electron chi connectivity index (χ0n) is 15.4. The number of carboxylic acids is 1. The van der Waals surface area contributed by atoms with Crippen LogP contribution < -0.4 is 19.5 Å². The summed E-state index contributed by atoms with van der Waals surface area (Å²) in [5.41, 5.74) is -0.154. The van der Waals surface area contributed by atoms with Gasteiger partial charge in [-0.2, -0.15) is 0 Å². The summed E-state index contributed by atoms with van der Waals surface area (Å²) in [6.45, 7) is 0. The molecular formula is C18H17FN2O7S. The molecule has 29 heavy (non-hydrogen) atoms. The first-order valence-electron chi connectivity index (χ1n) is 8.30. The van der Waals surface area contributed by atoms with Gasteiger partial charge in [-0.15, -0.1) is 0 Å². The summed E-state index contributed by atoms with van der Waals surface area (Å²) in [6, 6.07) is 4.44. The Morgan fingerprint density at radius 2 is 1.90 bits per heavy atom. The van der Waals surface area contributed by atoms with Crippen molar-refractivity contribution >= 4 is 33.3 Å². The fraction of sp³-hybridized carbons (Fsp3) is 0.222. The van der Waals surface area contributed by atoms with Crippen LogP contribution in [0.25, 0.3) is 0 Å². The van der Waals surface area contributed by atoms with Crippen molar-refractivity contribution in [3.63, 3.8) is 0 Å². The van der Waals surface area contributed by atoms with Crippen LogP contribution in [-0.4, -0.2) is 39.6 Å². The summed E-state index contributed by atoms with van der Waals surface area (Å²) in [5, 5.41) is 11.9. The van der Waals surface area contributed by atoms with Gasteiger partial charge in [-0.25, -0.2) is 17.6 Å². The molecule has 0 radical (unpaired) electrons. The topological polar surface area (TPSA) is 131 Å². The van der Waals surface area contributed by atoms with Gasteiger partial charge >= 0.3 is 5.97 Å². The minimum Gasteiger partial charge on any atom is -0.497 e. The second kappa shape index (κ2) is 7.59. The number of carbonyl (C=O) groups is 2. The van der Waals surface area contributed by atoms with Crippen molar-refractivity contribution < 1.29 is 37.0 Å². The minimum absolute atomic E-state index is 0.115. The van der Waals surface area contributed by atoms with Crippen LogP contribution in [0, 0.1) is 5.82 Å². The fourth-order valence-corrected chi connectivity index (χ4v) is 4.12. The molecule has 0 aromatic heterocycles. The van der Waals surface area contributed by atoms with Gasteiger partial charge in [0.25, 0.3) is 10.0 Å². The molecule has 1 amide bonds. The number of ether oxygens (including phenoxy) is 2. The molecule has 0 bridgehead atoms. The standard InChI is InChI=1S/C18H17FN2O7S/c1-27-10-6-11(18(23)24)17(14(7-10)28-2)21-29(25,26)15-5-9-3-4-16(22)20-13(9)8-12(15)19/h5-8,21H,3-4H2,1-2H3,(H,20,22)(H,23,24). The van der Waals surface area contributed by atoms with E-state index in [1.54, 1.807) is 0 Å². The molecule has 0 atom stereocenters. The van der Waals surface area contributed by atoms with Crippen LogP contribution in [0.1, 0.15) is 22.3 Å². The van der Waals surface area contributed by atoms with E-state index < -0.39 is 32.3 Å². The molecule has 0 spiro atoms. The molecule has 0 fully saturated rings. The van der Waals surface area contributed by atoms with Gasteiger partial charge in [-0.05, 0) is 30.2 Å². The monoisotopic (exact) mass is 424 g/mol. The molecule has 9 nitrogen and oxygen atoms in total. The number of fused-ring (bicyclic) bond motifs is 1. The summed E-state index contributed by atoms with van der Waals surface area (Å²) < 4.78 is 52.4. The maximum atomic E-state index is 14.5. The largest absolute Gasteiger partial charge is 0.497 e. The summed E-state index contributed by atoms with van der Waals surface area (Å²) in [5.74, 6) is -2.80. The Morgan fingerprint density at radius 1 is 1.17 bits per heavy atom. The lowest BCUT2D eigenvalue weighted by atomic mass is 10.0. The van der Waals surface area contributed by atoms with E-state index in [2.05, 4.69) is 10.0 Å². The second-order valence-electron chi connectivity index (χ2n) is 6.15. The number of carboxylic acid groups (broad SMARTS) is 1. The van der Waals surface area contributed by atoms with Gasteiger partial charge in [0.15, 0.2) is 0 Å². The molecule has 0 aliphatic carbocycles. The maximum Gasteiger partial charge on any atom is 0.338 e. The zero-order chi connectivity index (χ0) is 21.3. The Balaban J connectivity index is 2.09.